The first kappa shape index (κ1) is 15.2. The molecule has 0 saturated carbocycles. The summed E-state index contributed by atoms with van der Waals surface area (Å²) in [6, 6.07) is 7.05. The first-order chi connectivity index (χ1) is 10.5. The van der Waals surface area contributed by atoms with Crippen LogP contribution in [0.25, 0.3) is 10.2 Å². The lowest BCUT2D eigenvalue weighted by Crippen LogP contribution is -2.06. The number of thiazole rings is 1. The Bertz CT molecular complexity index is 895. The molecule has 0 bridgehead atoms. The van der Waals surface area contributed by atoms with E-state index in [0.29, 0.717) is 10.4 Å². The first-order valence-corrected chi connectivity index (χ1v) is 8.25. The van der Waals surface area contributed by atoms with Crippen molar-refractivity contribution in [3.05, 3.63) is 50.3 Å². The van der Waals surface area contributed by atoms with Gasteiger partial charge in [-0.25, -0.2) is 14.2 Å². The van der Waals surface area contributed by atoms with Gasteiger partial charge < -0.3 is 10.4 Å². The molecule has 2 aromatic carbocycles. The van der Waals surface area contributed by atoms with E-state index in [-0.39, 0.29) is 16.8 Å². The second-order valence-electron chi connectivity index (χ2n) is 4.70. The maximum atomic E-state index is 14.6. The fourth-order valence-electron chi connectivity index (χ4n) is 2.16. The molecule has 0 amide bonds. The second kappa shape index (κ2) is 5.81. The number of nitrogens with zero attached hydrogens (tertiary/aromatic N) is 1. The highest BCUT2D eigenvalue weighted by Crippen LogP contribution is 2.33. The number of anilines is 2. The molecule has 0 aliphatic rings. The molecule has 2 N–H and O–H groups in total. The SMILES string of the molecule is Cc1cc(I)ccc1Nc1c(C(=O)O)cc2scnc2c1F. The predicted octanol–water partition coefficient (Wildman–Crippen LogP) is 4.79. The zero-order chi connectivity index (χ0) is 15.9. The van der Waals surface area contributed by atoms with E-state index in [4.69, 9.17) is 0 Å². The van der Waals surface area contributed by atoms with Gasteiger partial charge in [0.2, 0.25) is 0 Å². The third-order valence-electron chi connectivity index (χ3n) is 3.25. The summed E-state index contributed by atoms with van der Waals surface area (Å²) < 4.78 is 16.2. The third-order valence-corrected chi connectivity index (χ3v) is 4.69. The number of carboxylic acid groups (broad SMARTS) is 1. The van der Waals surface area contributed by atoms with Gasteiger partial charge in [-0.1, -0.05) is 0 Å². The number of rotatable bonds is 3. The Kier molecular flexibility index (Phi) is 4.00. The lowest BCUT2D eigenvalue weighted by molar-refractivity contribution is 0.0698. The van der Waals surface area contributed by atoms with Gasteiger partial charge in [0.05, 0.1) is 21.5 Å². The van der Waals surface area contributed by atoms with Crippen molar-refractivity contribution in [2.45, 2.75) is 6.92 Å². The number of nitrogens with one attached hydrogen (secondary N) is 1. The van der Waals surface area contributed by atoms with Crippen LogP contribution in [0.2, 0.25) is 0 Å². The average molecular weight is 428 g/mol. The fraction of sp³-hybridized carbons (Fsp3) is 0.0667. The summed E-state index contributed by atoms with van der Waals surface area (Å²) in [4.78, 5) is 15.4. The molecule has 3 aromatic rings. The van der Waals surface area contributed by atoms with E-state index in [0.717, 1.165) is 9.13 Å². The smallest absolute Gasteiger partial charge is 0.337 e. The Labute approximate surface area is 143 Å². The van der Waals surface area contributed by atoms with Gasteiger partial charge in [-0.2, -0.15) is 0 Å². The van der Waals surface area contributed by atoms with Gasteiger partial charge in [-0.15, -0.1) is 11.3 Å². The standard InChI is InChI=1S/C15H10FIN2O2S/c1-7-4-8(17)2-3-10(7)19-13-9(15(20)21)5-11-14(12(13)16)18-6-22-11/h2-6,19H,1H3,(H,20,21). The second-order valence-corrected chi connectivity index (χ2v) is 6.83. The Morgan fingerprint density at radius 3 is 2.86 bits per heavy atom. The van der Waals surface area contributed by atoms with Crippen LogP contribution in [0, 0.1) is 16.3 Å². The molecule has 1 heterocycles. The summed E-state index contributed by atoms with van der Waals surface area (Å²) in [5, 5.41) is 12.3. The zero-order valence-corrected chi connectivity index (χ0v) is 14.3. The van der Waals surface area contributed by atoms with Crippen molar-refractivity contribution >= 4 is 61.5 Å². The Hall–Kier alpha value is -1.74. The molecule has 0 radical (unpaired) electrons. The minimum absolute atomic E-state index is 0.0600. The summed E-state index contributed by atoms with van der Waals surface area (Å²) in [5.74, 6) is -1.83. The first-order valence-electron chi connectivity index (χ1n) is 6.29. The van der Waals surface area contributed by atoms with E-state index in [2.05, 4.69) is 32.9 Å². The lowest BCUT2D eigenvalue weighted by atomic mass is 10.1. The normalized spacial score (nSPS) is 10.9. The van der Waals surface area contributed by atoms with E-state index in [1.54, 1.807) is 6.07 Å². The topological polar surface area (TPSA) is 62.2 Å². The third kappa shape index (κ3) is 2.66. The maximum absolute atomic E-state index is 14.6. The molecule has 22 heavy (non-hydrogen) atoms. The molecule has 3 rings (SSSR count). The molecule has 4 nitrogen and oxygen atoms in total. The van der Waals surface area contributed by atoms with Crippen LogP contribution in [0.5, 0.6) is 0 Å². The van der Waals surface area contributed by atoms with Crippen LogP contribution in [0.1, 0.15) is 15.9 Å². The van der Waals surface area contributed by atoms with E-state index in [9.17, 15) is 14.3 Å². The van der Waals surface area contributed by atoms with E-state index >= 15 is 0 Å². The van der Waals surface area contributed by atoms with Crippen LogP contribution in [0.4, 0.5) is 15.8 Å². The average Bonchev–Trinajstić information content (AvgIpc) is 2.92. The van der Waals surface area contributed by atoms with Gasteiger partial charge in [-0.05, 0) is 59.3 Å². The maximum Gasteiger partial charge on any atom is 0.337 e. The summed E-state index contributed by atoms with van der Waals surface area (Å²) in [6.45, 7) is 1.88. The highest BCUT2D eigenvalue weighted by Gasteiger charge is 2.20. The van der Waals surface area contributed by atoms with Crippen LogP contribution >= 0.6 is 33.9 Å². The zero-order valence-electron chi connectivity index (χ0n) is 11.4. The molecule has 7 heteroatoms. The Morgan fingerprint density at radius 2 is 2.18 bits per heavy atom. The van der Waals surface area contributed by atoms with Crippen molar-refractivity contribution in [1.29, 1.82) is 0 Å². The van der Waals surface area contributed by atoms with Gasteiger partial charge >= 0.3 is 5.97 Å². The van der Waals surface area contributed by atoms with Crippen molar-refractivity contribution < 1.29 is 14.3 Å². The van der Waals surface area contributed by atoms with Crippen LogP contribution in [-0.2, 0) is 0 Å². The predicted molar refractivity (Wildman–Crippen MR) is 93.7 cm³/mol. The van der Waals surface area contributed by atoms with Gasteiger partial charge in [0.25, 0.3) is 0 Å². The molecule has 0 aliphatic heterocycles. The molecule has 112 valence electrons. The number of fused-ring (bicyclic) bond motifs is 1. The van der Waals surface area contributed by atoms with Crippen molar-refractivity contribution in [3.63, 3.8) is 0 Å². The largest absolute Gasteiger partial charge is 0.478 e. The number of carbonyl (C=O) groups is 1. The molecule has 1 aromatic heterocycles. The van der Waals surface area contributed by atoms with Crippen molar-refractivity contribution in [2.75, 3.05) is 5.32 Å². The van der Waals surface area contributed by atoms with Crippen molar-refractivity contribution in [1.82, 2.24) is 4.98 Å². The van der Waals surface area contributed by atoms with Crippen LogP contribution < -0.4 is 5.32 Å². The lowest BCUT2D eigenvalue weighted by Gasteiger charge is -2.13. The highest BCUT2D eigenvalue weighted by atomic mass is 127. The van der Waals surface area contributed by atoms with Gasteiger partial charge in [0.1, 0.15) is 5.52 Å². The van der Waals surface area contributed by atoms with Gasteiger partial charge in [0.15, 0.2) is 5.82 Å². The van der Waals surface area contributed by atoms with Crippen LogP contribution in [0.3, 0.4) is 0 Å². The minimum atomic E-state index is -1.18. The fourth-order valence-corrected chi connectivity index (χ4v) is 3.51. The molecular weight excluding hydrogens is 418 g/mol. The number of benzene rings is 2. The molecule has 0 atom stereocenters. The number of halogens is 2. The number of aryl methyl sites for hydroxylation is 1. The monoisotopic (exact) mass is 428 g/mol. The summed E-state index contributed by atoms with van der Waals surface area (Å²) in [6.07, 6.45) is 0. The molecule has 0 unspecified atom stereocenters. The van der Waals surface area contributed by atoms with Crippen molar-refractivity contribution in [2.24, 2.45) is 0 Å². The number of hydrogen-bond acceptors (Lipinski definition) is 4. The summed E-state index contributed by atoms with van der Waals surface area (Å²) in [7, 11) is 0. The molecular formula is C15H10FIN2O2S. The van der Waals surface area contributed by atoms with Gasteiger partial charge in [-0.3, -0.25) is 0 Å². The molecule has 0 aliphatic carbocycles. The number of aromatic carboxylic acids is 1. The van der Waals surface area contributed by atoms with Crippen molar-refractivity contribution in [3.8, 4) is 0 Å². The minimum Gasteiger partial charge on any atom is -0.478 e. The number of aromatic nitrogens is 1. The van der Waals surface area contributed by atoms with E-state index < -0.39 is 11.8 Å². The number of hydrogen-bond donors (Lipinski definition) is 2. The Balaban J connectivity index is 2.18. The summed E-state index contributed by atoms with van der Waals surface area (Å²) >= 11 is 3.39. The highest BCUT2D eigenvalue weighted by molar-refractivity contribution is 14.1. The van der Waals surface area contributed by atoms with Crippen LogP contribution in [0.15, 0.2) is 29.8 Å². The molecule has 0 saturated heterocycles. The number of carboxylic acids is 1. The Morgan fingerprint density at radius 1 is 1.41 bits per heavy atom. The summed E-state index contributed by atoms with van der Waals surface area (Å²) in [5.41, 5.74) is 3.08. The van der Waals surface area contributed by atoms with Crippen LogP contribution in [-0.4, -0.2) is 16.1 Å². The molecule has 0 fully saturated rings. The quantitative estimate of drug-likeness (QED) is 0.589. The van der Waals surface area contributed by atoms with Gasteiger partial charge in [0, 0.05) is 9.26 Å². The van der Waals surface area contributed by atoms with E-state index in [1.807, 2.05) is 19.1 Å². The van der Waals surface area contributed by atoms with E-state index in [1.165, 1.54) is 22.9 Å². The molecule has 0 spiro atoms.